The minimum Gasteiger partial charge on any atom is -0.491 e. The fourth-order valence-corrected chi connectivity index (χ4v) is 3.78. The topological polar surface area (TPSA) is 76.4 Å². The van der Waals surface area contributed by atoms with Crippen LogP contribution in [0.3, 0.4) is 0 Å². The van der Waals surface area contributed by atoms with E-state index in [1.54, 1.807) is 0 Å². The minimum atomic E-state index is -0.756. The van der Waals surface area contributed by atoms with Crippen molar-refractivity contribution in [2.24, 2.45) is 0 Å². The van der Waals surface area contributed by atoms with Gasteiger partial charge in [-0.05, 0) is 48.7 Å². The maximum atomic E-state index is 12.6. The molecule has 0 saturated carbocycles. The van der Waals surface area contributed by atoms with Crippen LogP contribution in [0.25, 0.3) is 11.0 Å². The molecule has 1 aromatic heterocycles. The number of carbonyl (C=O) groups excluding carboxylic acids is 1. The van der Waals surface area contributed by atoms with Crippen molar-refractivity contribution >= 4 is 16.9 Å². The third-order valence-corrected chi connectivity index (χ3v) is 5.55. The normalized spacial score (nSPS) is 12.0. The fraction of sp³-hybridized carbons (Fsp3) is 0.259. The third-order valence-electron chi connectivity index (χ3n) is 5.55. The van der Waals surface area contributed by atoms with Gasteiger partial charge in [-0.1, -0.05) is 54.6 Å². The van der Waals surface area contributed by atoms with Gasteiger partial charge in [-0.3, -0.25) is 4.79 Å². The number of carbonyl (C=O) groups is 1. The van der Waals surface area contributed by atoms with Crippen LogP contribution in [-0.4, -0.2) is 33.3 Å². The quantitative estimate of drug-likeness (QED) is 0.411. The molecule has 0 radical (unpaired) electrons. The van der Waals surface area contributed by atoms with Crippen molar-refractivity contribution in [3.05, 3.63) is 95.3 Å². The van der Waals surface area contributed by atoms with Gasteiger partial charge >= 0.3 is 0 Å². The predicted octanol–water partition coefficient (Wildman–Crippen LogP) is 3.95. The van der Waals surface area contributed by atoms with E-state index in [1.165, 1.54) is 0 Å². The van der Waals surface area contributed by atoms with Gasteiger partial charge < -0.3 is 19.7 Å². The number of aliphatic hydroxyl groups excluding tert-OH is 1. The van der Waals surface area contributed by atoms with E-state index in [1.807, 2.05) is 91.2 Å². The average molecular weight is 444 g/mol. The van der Waals surface area contributed by atoms with Crippen LogP contribution in [0.5, 0.6) is 5.75 Å². The second-order valence-electron chi connectivity index (χ2n) is 8.30. The summed E-state index contributed by atoms with van der Waals surface area (Å²) in [6.45, 7) is 4.89. The highest BCUT2D eigenvalue weighted by atomic mass is 16.5. The number of nitrogens with zero attached hydrogens (tertiary/aromatic N) is 2. The Kier molecular flexibility index (Phi) is 7.05. The molecule has 0 bridgehead atoms. The van der Waals surface area contributed by atoms with E-state index in [9.17, 15) is 9.90 Å². The molecule has 1 heterocycles. The van der Waals surface area contributed by atoms with Crippen LogP contribution in [0.15, 0.2) is 72.8 Å². The van der Waals surface area contributed by atoms with Crippen molar-refractivity contribution in [2.45, 2.75) is 39.5 Å². The molecular formula is C27H29N3O3. The van der Waals surface area contributed by atoms with Crippen LogP contribution in [0.1, 0.15) is 22.5 Å². The second-order valence-corrected chi connectivity index (χ2v) is 8.30. The van der Waals surface area contributed by atoms with Gasteiger partial charge in [0.2, 0.25) is 5.91 Å². The van der Waals surface area contributed by atoms with Crippen molar-refractivity contribution in [2.75, 3.05) is 6.61 Å². The maximum Gasteiger partial charge on any atom is 0.227 e. The minimum absolute atomic E-state index is 0.114. The summed E-state index contributed by atoms with van der Waals surface area (Å²) >= 11 is 0. The monoisotopic (exact) mass is 443 g/mol. The Morgan fingerprint density at radius 2 is 1.82 bits per heavy atom. The summed E-state index contributed by atoms with van der Waals surface area (Å²) in [5, 5.41) is 13.7. The zero-order chi connectivity index (χ0) is 23.2. The standard InChI is InChI=1S/C27H29N3O3/c1-19-12-13-20(2)25(14-19)33-18-22(31)17-30-24-11-7-6-10-23(24)29-26(30)15-27(32)28-16-21-8-4-3-5-9-21/h3-14,22,31H,15-18H2,1-2H3,(H,28,32). The molecule has 3 aromatic carbocycles. The zero-order valence-electron chi connectivity index (χ0n) is 19.0. The Balaban J connectivity index is 1.45. The Morgan fingerprint density at radius 3 is 2.64 bits per heavy atom. The number of aliphatic hydroxyl groups is 1. The number of hydrogen-bond donors (Lipinski definition) is 2. The first-order valence-corrected chi connectivity index (χ1v) is 11.1. The zero-order valence-corrected chi connectivity index (χ0v) is 19.0. The lowest BCUT2D eigenvalue weighted by molar-refractivity contribution is -0.120. The highest BCUT2D eigenvalue weighted by molar-refractivity contribution is 5.81. The number of amides is 1. The van der Waals surface area contributed by atoms with Crippen LogP contribution in [0.4, 0.5) is 0 Å². The molecule has 0 aliphatic carbocycles. The maximum absolute atomic E-state index is 12.6. The van der Waals surface area contributed by atoms with E-state index in [4.69, 9.17) is 4.74 Å². The number of hydrogen-bond acceptors (Lipinski definition) is 4. The molecule has 0 saturated heterocycles. The molecular weight excluding hydrogens is 414 g/mol. The van der Waals surface area contributed by atoms with Gasteiger partial charge in [-0.2, -0.15) is 0 Å². The molecule has 1 unspecified atom stereocenters. The molecule has 0 aliphatic rings. The highest BCUT2D eigenvalue weighted by Gasteiger charge is 2.17. The van der Waals surface area contributed by atoms with Crippen LogP contribution in [0, 0.1) is 13.8 Å². The van der Waals surface area contributed by atoms with Crippen molar-refractivity contribution in [1.82, 2.24) is 14.9 Å². The molecule has 0 aliphatic heterocycles. The largest absolute Gasteiger partial charge is 0.491 e. The third kappa shape index (κ3) is 5.79. The number of nitrogens with one attached hydrogen (secondary N) is 1. The summed E-state index contributed by atoms with van der Waals surface area (Å²) in [7, 11) is 0. The molecule has 4 aromatic rings. The summed E-state index contributed by atoms with van der Waals surface area (Å²) < 4.78 is 7.80. The highest BCUT2D eigenvalue weighted by Crippen LogP contribution is 2.20. The molecule has 0 fully saturated rings. The van der Waals surface area contributed by atoms with Gasteiger partial charge in [-0.15, -0.1) is 0 Å². The van der Waals surface area contributed by atoms with Gasteiger partial charge in [0.15, 0.2) is 0 Å². The van der Waals surface area contributed by atoms with Crippen molar-refractivity contribution in [3.8, 4) is 5.75 Å². The number of aryl methyl sites for hydroxylation is 2. The van der Waals surface area contributed by atoms with Crippen LogP contribution in [-0.2, 0) is 24.3 Å². The van der Waals surface area contributed by atoms with Gasteiger partial charge in [0.25, 0.3) is 0 Å². The summed E-state index contributed by atoms with van der Waals surface area (Å²) in [4.78, 5) is 17.3. The lowest BCUT2D eigenvalue weighted by atomic mass is 10.1. The Labute approximate surface area is 193 Å². The summed E-state index contributed by atoms with van der Waals surface area (Å²) in [5.74, 6) is 1.27. The Morgan fingerprint density at radius 1 is 1.06 bits per heavy atom. The fourth-order valence-electron chi connectivity index (χ4n) is 3.78. The summed E-state index contributed by atoms with van der Waals surface area (Å²) in [6, 6.07) is 23.5. The number of rotatable bonds is 9. The predicted molar refractivity (Wildman–Crippen MR) is 129 cm³/mol. The number of imidazole rings is 1. The second kappa shape index (κ2) is 10.3. The van der Waals surface area contributed by atoms with Gasteiger partial charge in [0, 0.05) is 6.54 Å². The molecule has 2 N–H and O–H groups in total. The number of para-hydroxylation sites is 2. The Bertz CT molecular complexity index is 1230. The van der Waals surface area contributed by atoms with Crippen LogP contribution in [0.2, 0.25) is 0 Å². The van der Waals surface area contributed by atoms with Gasteiger partial charge in [0.05, 0.1) is 24.0 Å². The number of aromatic nitrogens is 2. The lowest BCUT2D eigenvalue weighted by Gasteiger charge is -2.17. The van der Waals surface area contributed by atoms with Crippen molar-refractivity contribution in [1.29, 1.82) is 0 Å². The van der Waals surface area contributed by atoms with E-state index >= 15 is 0 Å². The van der Waals surface area contributed by atoms with E-state index in [2.05, 4.69) is 10.3 Å². The van der Waals surface area contributed by atoms with E-state index in [0.29, 0.717) is 12.4 Å². The molecule has 33 heavy (non-hydrogen) atoms. The smallest absolute Gasteiger partial charge is 0.227 e. The lowest BCUT2D eigenvalue weighted by Crippen LogP contribution is -2.28. The van der Waals surface area contributed by atoms with Crippen LogP contribution >= 0.6 is 0 Å². The molecule has 4 rings (SSSR count). The van der Waals surface area contributed by atoms with Crippen LogP contribution < -0.4 is 10.1 Å². The SMILES string of the molecule is Cc1ccc(C)c(OCC(O)Cn2c(CC(=O)NCc3ccccc3)nc3ccccc32)c1. The molecule has 1 atom stereocenters. The van der Waals surface area contributed by atoms with E-state index in [-0.39, 0.29) is 25.5 Å². The summed E-state index contributed by atoms with van der Waals surface area (Å²) in [5.41, 5.74) is 4.85. The molecule has 6 nitrogen and oxygen atoms in total. The first kappa shape index (κ1) is 22.6. The number of benzene rings is 3. The number of fused-ring (bicyclic) bond motifs is 1. The summed E-state index contributed by atoms with van der Waals surface area (Å²) in [6.07, 6.45) is -0.625. The first-order valence-electron chi connectivity index (χ1n) is 11.1. The van der Waals surface area contributed by atoms with Crippen molar-refractivity contribution < 1.29 is 14.6 Å². The Hall–Kier alpha value is -3.64. The first-order chi connectivity index (χ1) is 16.0. The average Bonchev–Trinajstić information content (AvgIpc) is 3.15. The van der Waals surface area contributed by atoms with E-state index in [0.717, 1.165) is 33.5 Å². The van der Waals surface area contributed by atoms with Gasteiger partial charge in [-0.25, -0.2) is 4.98 Å². The molecule has 0 spiro atoms. The van der Waals surface area contributed by atoms with E-state index < -0.39 is 6.10 Å². The van der Waals surface area contributed by atoms with Gasteiger partial charge in [0.1, 0.15) is 24.3 Å². The molecule has 6 heteroatoms. The number of ether oxygens (including phenoxy) is 1. The molecule has 170 valence electrons. The molecule has 1 amide bonds. The van der Waals surface area contributed by atoms with Crippen molar-refractivity contribution in [3.63, 3.8) is 0 Å².